The zero-order valence-corrected chi connectivity index (χ0v) is 11.4. The van der Waals surface area contributed by atoms with Gasteiger partial charge in [0.1, 0.15) is 0 Å². The molecule has 0 bridgehead atoms. The topological polar surface area (TPSA) is 80.9 Å². The van der Waals surface area contributed by atoms with E-state index < -0.39 is 0 Å². The molecule has 0 saturated heterocycles. The first-order chi connectivity index (χ1) is 9.16. The maximum absolute atomic E-state index is 11.7. The maximum Gasteiger partial charge on any atom is 0.237 e. The molecule has 0 aliphatic heterocycles. The van der Waals surface area contributed by atoms with E-state index in [2.05, 4.69) is 15.3 Å². The van der Waals surface area contributed by atoms with Crippen LogP contribution in [0.25, 0.3) is 0 Å². The van der Waals surface area contributed by atoms with Crippen molar-refractivity contribution in [2.45, 2.75) is 4.90 Å². The van der Waals surface area contributed by atoms with Crippen LogP contribution in [0, 0.1) is 0 Å². The van der Waals surface area contributed by atoms with Gasteiger partial charge in [-0.1, -0.05) is 17.7 Å². The molecule has 0 saturated carbocycles. The third-order valence-electron chi connectivity index (χ3n) is 2.16. The molecule has 0 unspecified atom stereocenters. The Hall–Kier alpha value is -1.79. The summed E-state index contributed by atoms with van der Waals surface area (Å²) in [6.07, 6.45) is 3.11. The highest BCUT2D eigenvalue weighted by atomic mass is 35.5. The average Bonchev–Trinajstić information content (AvgIpc) is 2.39. The summed E-state index contributed by atoms with van der Waals surface area (Å²) >= 11 is 7.29. The van der Waals surface area contributed by atoms with Gasteiger partial charge in [-0.25, -0.2) is 9.97 Å². The van der Waals surface area contributed by atoms with E-state index in [1.54, 1.807) is 36.7 Å². The van der Waals surface area contributed by atoms with Gasteiger partial charge in [-0.3, -0.25) is 10.1 Å². The second kappa shape index (κ2) is 6.40. The van der Waals surface area contributed by atoms with Crippen molar-refractivity contribution in [1.82, 2.24) is 9.97 Å². The largest absolute Gasteiger partial charge is 0.398 e. The Kier molecular flexibility index (Phi) is 4.59. The number of nitrogens with one attached hydrogen (secondary N) is 1. The Labute approximate surface area is 119 Å². The molecule has 0 spiro atoms. The second-order valence-electron chi connectivity index (χ2n) is 3.57. The first-order valence-electron chi connectivity index (χ1n) is 5.40. The van der Waals surface area contributed by atoms with Gasteiger partial charge in [-0.15, -0.1) is 11.8 Å². The molecule has 19 heavy (non-hydrogen) atoms. The zero-order valence-electron chi connectivity index (χ0n) is 9.84. The van der Waals surface area contributed by atoms with Crippen LogP contribution in [0.2, 0.25) is 5.02 Å². The van der Waals surface area contributed by atoms with Crippen molar-refractivity contribution in [2.24, 2.45) is 0 Å². The lowest BCUT2D eigenvalue weighted by molar-refractivity contribution is -0.113. The van der Waals surface area contributed by atoms with Crippen LogP contribution in [-0.2, 0) is 4.79 Å². The Morgan fingerprint density at radius 2 is 2.05 bits per heavy atom. The number of nitrogen functional groups attached to an aromatic ring is 1. The standard InChI is InChI=1S/C12H11ClN4OS/c13-8-3-1-4-9(14)11(8)19-7-10(18)17-12-15-5-2-6-16-12/h1-6H,7,14H2,(H,15,16,17,18). The number of nitrogens with two attached hydrogens (primary N) is 1. The minimum atomic E-state index is -0.212. The van der Waals surface area contributed by atoms with Gasteiger partial charge in [-0.05, 0) is 18.2 Å². The molecule has 98 valence electrons. The molecule has 0 aliphatic rings. The monoisotopic (exact) mass is 294 g/mol. The first-order valence-corrected chi connectivity index (χ1v) is 6.77. The molecule has 2 aromatic rings. The van der Waals surface area contributed by atoms with E-state index in [0.717, 1.165) is 0 Å². The van der Waals surface area contributed by atoms with Crippen LogP contribution in [0.4, 0.5) is 11.6 Å². The number of rotatable bonds is 4. The van der Waals surface area contributed by atoms with Gasteiger partial charge in [0.2, 0.25) is 11.9 Å². The van der Waals surface area contributed by atoms with Crippen molar-refractivity contribution in [3.8, 4) is 0 Å². The zero-order chi connectivity index (χ0) is 13.7. The van der Waals surface area contributed by atoms with Crippen molar-refractivity contribution in [2.75, 3.05) is 16.8 Å². The first kappa shape index (κ1) is 13.6. The van der Waals surface area contributed by atoms with Crippen molar-refractivity contribution < 1.29 is 4.79 Å². The lowest BCUT2D eigenvalue weighted by Gasteiger charge is -2.07. The van der Waals surface area contributed by atoms with Crippen molar-refractivity contribution in [3.63, 3.8) is 0 Å². The molecule has 1 amide bonds. The van der Waals surface area contributed by atoms with Crippen LogP contribution in [0.3, 0.4) is 0 Å². The number of benzene rings is 1. The number of nitrogens with zero attached hydrogens (tertiary/aromatic N) is 2. The van der Waals surface area contributed by atoms with E-state index in [4.69, 9.17) is 17.3 Å². The third-order valence-corrected chi connectivity index (χ3v) is 3.74. The fraction of sp³-hybridized carbons (Fsp3) is 0.0833. The molecule has 1 aromatic carbocycles. The Morgan fingerprint density at radius 3 is 2.74 bits per heavy atom. The number of thioether (sulfide) groups is 1. The number of hydrogen-bond donors (Lipinski definition) is 2. The molecule has 1 aromatic heterocycles. The summed E-state index contributed by atoms with van der Waals surface area (Å²) in [5.74, 6) is 0.252. The third kappa shape index (κ3) is 3.84. The number of carbonyl (C=O) groups excluding carboxylic acids is 1. The van der Waals surface area contributed by atoms with Gasteiger partial charge in [0.25, 0.3) is 0 Å². The van der Waals surface area contributed by atoms with Gasteiger partial charge >= 0.3 is 0 Å². The molecule has 0 radical (unpaired) electrons. The Morgan fingerprint density at radius 1 is 1.32 bits per heavy atom. The Balaban J connectivity index is 1.94. The molecule has 0 aliphatic carbocycles. The normalized spacial score (nSPS) is 10.2. The molecule has 3 N–H and O–H groups in total. The second-order valence-corrected chi connectivity index (χ2v) is 4.96. The van der Waals surface area contributed by atoms with Gasteiger partial charge < -0.3 is 5.73 Å². The maximum atomic E-state index is 11.7. The summed E-state index contributed by atoms with van der Waals surface area (Å²) in [5, 5.41) is 3.12. The van der Waals surface area contributed by atoms with Crippen LogP contribution in [0.5, 0.6) is 0 Å². The summed E-state index contributed by atoms with van der Waals surface area (Å²) in [7, 11) is 0. The van der Waals surface area contributed by atoms with Crippen LogP contribution in [0.1, 0.15) is 0 Å². The summed E-state index contributed by atoms with van der Waals surface area (Å²) in [6.45, 7) is 0. The summed E-state index contributed by atoms with van der Waals surface area (Å²) in [5.41, 5.74) is 6.36. The molecule has 1 heterocycles. The van der Waals surface area contributed by atoms with Gasteiger partial charge in [-0.2, -0.15) is 0 Å². The quantitative estimate of drug-likeness (QED) is 0.669. The highest BCUT2D eigenvalue weighted by Crippen LogP contribution is 2.32. The van der Waals surface area contributed by atoms with E-state index in [1.165, 1.54) is 11.8 Å². The number of carbonyl (C=O) groups is 1. The number of anilines is 2. The summed E-state index contributed by atoms with van der Waals surface area (Å²) in [6, 6.07) is 6.92. The molecule has 2 rings (SSSR count). The highest BCUT2D eigenvalue weighted by molar-refractivity contribution is 8.00. The fourth-order valence-electron chi connectivity index (χ4n) is 1.34. The summed E-state index contributed by atoms with van der Waals surface area (Å²) in [4.78, 5) is 20.2. The number of amides is 1. The Bertz CT molecular complexity index is 559. The number of halogens is 1. The minimum absolute atomic E-state index is 0.187. The lowest BCUT2D eigenvalue weighted by atomic mass is 10.3. The minimum Gasteiger partial charge on any atom is -0.398 e. The van der Waals surface area contributed by atoms with Crippen LogP contribution in [0.15, 0.2) is 41.6 Å². The molecule has 5 nitrogen and oxygen atoms in total. The fourth-order valence-corrected chi connectivity index (χ4v) is 2.47. The van der Waals surface area contributed by atoms with Crippen molar-refractivity contribution >= 4 is 40.9 Å². The van der Waals surface area contributed by atoms with E-state index >= 15 is 0 Å². The van der Waals surface area contributed by atoms with Gasteiger partial charge in [0.15, 0.2) is 0 Å². The van der Waals surface area contributed by atoms with E-state index in [9.17, 15) is 4.79 Å². The van der Waals surface area contributed by atoms with Crippen LogP contribution >= 0.6 is 23.4 Å². The smallest absolute Gasteiger partial charge is 0.237 e. The number of hydrogen-bond acceptors (Lipinski definition) is 5. The SMILES string of the molecule is Nc1cccc(Cl)c1SCC(=O)Nc1ncccn1. The predicted molar refractivity (Wildman–Crippen MR) is 77.3 cm³/mol. The van der Waals surface area contributed by atoms with Crippen molar-refractivity contribution in [1.29, 1.82) is 0 Å². The molecular weight excluding hydrogens is 284 g/mol. The predicted octanol–water partition coefficient (Wildman–Crippen LogP) is 2.44. The summed E-state index contributed by atoms with van der Waals surface area (Å²) < 4.78 is 0. The van der Waals surface area contributed by atoms with Crippen LogP contribution < -0.4 is 11.1 Å². The molecule has 7 heteroatoms. The van der Waals surface area contributed by atoms with Gasteiger partial charge in [0.05, 0.1) is 10.8 Å². The van der Waals surface area contributed by atoms with Crippen molar-refractivity contribution in [3.05, 3.63) is 41.7 Å². The molecular formula is C12H11ClN4OS. The number of aromatic nitrogens is 2. The van der Waals surface area contributed by atoms with Crippen LogP contribution in [-0.4, -0.2) is 21.6 Å². The molecule has 0 fully saturated rings. The lowest BCUT2D eigenvalue weighted by Crippen LogP contribution is -2.16. The van der Waals surface area contributed by atoms with Gasteiger partial charge in [0, 0.05) is 23.0 Å². The molecule has 0 atom stereocenters. The highest BCUT2D eigenvalue weighted by Gasteiger charge is 2.09. The van der Waals surface area contributed by atoms with E-state index in [0.29, 0.717) is 15.6 Å². The van der Waals surface area contributed by atoms with E-state index in [-0.39, 0.29) is 17.6 Å². The average molecular weight is 295 g/mol. The van der Waals surface area contributed by atoms with E-state index in [1.807, 2.05) is 0 Å².